The van der Waals surface area contributed by atoms with Crippen LogP contribution in [-0.4, -0.2) is 9.55 Å². The van der Waals surface area contributed by atoms with Crippen LogP contribution in [0.25, 0.3) is 26.8 Å². The van der Waals surface area contributed by atoms with Gasteiger partial charge in [0.2, 0.25) is 5.95 Å². The van der Waals surface area contributed by atoms with Crippen molar-refractivity contribution in [1.29, 1.82) is 0 Å². The lowest BCUT2D eigenvalue weighted by atomic mass is 10.2. The summed E-state index contributed by atoms with van der Waals surface area (Å²) < 4.78 is 16.8. The number of rotatable bonds is 1. The summed E-state index contributed by atoms with van der Waals surface area (Å²) in [5, 5.41) is 3.19. The molecule has 98 valence electrons. The first kappa shape index (κ1) is 11.4. The number of nitrogen functional groups attached to an aromatic ring is 1. The van der Waals surface area contributed by atoms with Crippen molar-refractivity contribution in [2.24, 2.45) is 0 Å². The first-order valence-corrected chi connectivity index (χ1v) is 7.02. The number of halogens is 1. The summed E-state index contributed by atoms with van der Waals surface area (Å²) in [6.07, 6.45) is 0. The molecule has 0 aliphatic heterocycles. The van der Waals surface area contributed by atoms with Crippen LogP contribution in [0.1, 0.15) is 0 Å². The largest absolute Gasteiger partial charge is 0.369 e. The molecule has 4 rings (SSSR count). The van der Waals surface area contributed by atoms with Gasteiger partial charge in [-0.05, 0) is 47.2 Å². The number of hydrogen-bond donors (Lipinski definition) is 1. The molecule has 2 aromatic heterocycles. The van der Waals surface area contributed by atoms with Gasteiger partial charge in [-0.25, -0.2) is 9.37 Å². The van der Waals surface area contributed by atoms with Gasteiger partial charge in [0.05, 0.1) is 5.52 Å². The number of thiophene rings is 1. The Morgan fingerprint density at radius 1 is 1.15 bits per heavy atom. The predicted molar refractivity (Wildman–Crippen MR) is 80.8 cm³/mol. The number of fused-ring (bicyclic) bond motifs is 2. The van der Waals surface area contributed by atoms with Gasteiger partial charge in [-0.2, -0.15) is 0 Å². The average Bonchev–Trinajstić information content (AvgIpc) is 3.02. The van der Waals surface area contributed by atoms with Crippen LogP contribution in [-0.2, 0) is 0 Å². The molecular weight excluding hydrogens is 273 g/mol. The number of aromatic nitrogens is 2. The van der Waals surface area contributed by atoms with Crippen LogP contribution in [0.4, 0.5) is 10.3 Å². The van der Waals surface area contributed by atoms with E-state index in [9.17, 15) is 4.39 Å². The highest BCUT2D eigenvalue weighted by molar-refractivity contribution is 7.17. The highest BCUT2D eigenvalue weighted by Gasteiger charge is 2.13. The Morgan fingerprint density at radius 3 is 2.95 bits per heavy atom. The fourth-order valence-electron chi connectivity index (χ4n) is 2.45. The maximum Gasteiger partial charge on any atom is 0.206 e. The van der Waals surface area contributed by atoms with Crippen LogP contribution >= 0.6 is 11.3 Å². The third kappa shape index (κ3) is 1.53. The van der Waals surface area contributed by atoms with Gasteiger partial charge in [0.15, 0.2) is 5.82 Å². The van der Waals surface area contributed by atoms with E-state index >= 15 is 0 Å². The molecule has 0 aliphatic carbocycles. The van der Waals surface area contributed by atoms with Crippen LogP contribution in [0.15, 0.2) is 47.8 Å². The van der Waals surface area contributed by atoms with E-state index in [0.29, 0.717) is 17.0 Å². The number of anilines is 1. The van der Waals surface area contributed by atoms with Crippen molar-refractivity contribution in [3.05, 3.63) is 53.7 Å². The third-order valence-electron chi connectivity index (χ3n) is 3.36. The topological polar surface area (TPSA) is 43.8 Å². The standard InChI is InChI=1S/C15H10FN3S/c16-11-2-1-3-12-14(11)18-15(17)19(12)10-4-5-13-9(8-10)6-7-20-13/h1-8H,(H2,17,18). The summed E-state index contributed by atoms with van der Waals surface area (Å²) in [5.74, 6) is -0.0655. The summed E-state index contributed by atoms with van der Waals surface area (Å²) in [5.41, 5.74) is 7.83. The number of nitrogens with two attached hydrogens (primary N) is 1. The van der Waals surface area contributed by atoms with Crippen molar-refractivity contribution in [2.75, 3.05) is 5.73 Å². The number of para-hydroxylation sites is 1. The normalized spacial score (nSPS) is 11.4. The van der Waals surface area contributed by atoms with Gasteiger partial charge in [-0.3, -0.25) is 4.57 Å². The van der Waals surface area contributed by atoms with Gasteiger partial charge in [0, 0.05) is 10.4 Å². The van der Waals surface area contributed by atoms with Crippen LogP contribution in [0.2, 0.25) is 0 Å². The molecule has 0 saturated carbocycles. The Hall–Kier alpha value is -2.40. The van der Waals surface area contributed by atoms with Crippen molar-refractivity contribution in [1.82, 2.24) is 9.55 Å². The first-order valence-electron chi connectivity index (χ1n) is 6.14. The Balaban J connectivity index is 2.06. The molecule has 2 aromatic carbocycles. The number of imidazole rings is 1. The lowest BCUT2D eigenvalue weighted by Gasteiger charge is -2.06. The molecule has 5 heteroatoms. The second-order valence-electron chi connectivity index (χ2n) is 4.56. The van der Waals surface area contributed by atoms with E-state index in [1.54, 1.807) is 22.0 Å². The van der Waals surface area contributed by atoms with Gasteiger partial charge >= 0.3 is 0 Å². The Bertz CT molecular complexity index is 939. The maximum atomic E-state index is 13.8. The smallest absolute Gasteiger partial charge is 0.206 e. The van der Waals surface area contributed by atoms with Crippen molar-refractivity contribution >= 4 is 38.4 Å². The van der Waals surface area contributed by atoms with Gasteiger partial charge in [-0.1, -0.05) is 6.07 Å². The quantitative estimate of drug-likeness (QED) is 0.574. The molecule has 0 bridgehead atoms. The highest BCUT2D eigenvalue weighted by atomic mass is 32.1. The molecule has 20 heavy (non-hydrogen) atoms. The Kier molecular flexibility index (Phi) is 2.31. The van der Waals surface area contributed by atoms with Crippen molar-refractivity contribution < 1.29 is 4.39 Å². The van der Waals surface area contributed by atoms with Crippen LogP contribution in [0.5, 0.6) is 0 Å². The van der Waals surface area contributed by atoms with E-state index in [4.69, 9.17) is 5.73 Å². The zero-order chi connectivity index (χ0) is 13.7. The molecule has 2 N–H and O–H groups in total. The molecular formula is C15H10FN3S. The minimum atomic E-state index is -0.357. The molecule has 2 heterocycles. The van der Waals surface area contributed by atoms with E-state index in [0.717, 1.165) is 11.1 Å². The predicted octanol–water partition coefficient (Wildman–Crippen LogP) is 3.96. The zero-order valence-electron chi connectivity index (χ0n) is 10.4. The number of benzene rings is 2. The minimum Gasteiger partial charge on any atom is -0.369 e. The molecule has 0 saturated heterocycles. The number of nitrogens with zero attached hydrogens (tertiary/aromatic N) is 2. The Morgan fingerprint density at radius 2 is 2.05 bits per heavy atom. The molecule has 0 aliphatic rings. The van der Waals surface area contributed by atoms with Crippen LogP contribution in [0, 0.1) is 5.82 Å². The van der Waals surface area contributed by atoms with Crippen LogP contribution in [0.3, 0.4) is 0 Å². The van der Waals surface area contributed by atoms with Gasteiger partial charge < -0.3 is 5.73 Å². The molecule has 0 radical (unpaired) electrons. The van der Waals surface area contributed by atoms with E-state index in [1.165, 1.54) is 10.8 Å². The second-order valence-corrected chi connectivity index (χ2v) is 5.50. The summed E-state index contributed by atoms with van der Waals surface area (Å²) in [4.78, 5) is 4.13. The summed E-state index contributed by atoms with van der Waals surface area (Å²) in [6, 6.07) is 13.0. The van der Waals surface area contributed by atoms with E-state index in [1.807, 2.05) is 29.6 Å². The molecule has 0 unspecified atom stereocenters. The third-order valence-corrected chi connectivity index (χ3v) is 4.25. The zero-order valence-corrected chi connectivity index (χ0v) is 11.2. The molecule has 3 nitrogen and oxygen atoms in total. The monoisotopic (exact) mass is 283 g/mol. The van der Waals surface area contributed by atoms with E-state index in [2.05, 4.69) is 11.1 Å². The summed E-state index contributed by atoms with van der Waals surface area (Å²) in [7, 11) is 0. The SMILES string of the molecule is Nc1nc2c(F)cccc2n1-c1ccc2sccc2c1. The van der Waals surface area contributed by atoms with E-state index in [-0.39, 0.29) is 5.82 Å². The first-order chi connectivity index (χ1) is 9.74. The minimum absolute atomic E-state index is 0.291. The van der Waals surface area contributed by atoms with Crippen molar-refractivity contribution in [3.63, 3.8) is 0 Å². The van der Waals surface area contributed by atoms with Gasteiger partial charge in [-0.15, -0.1) is 11.3 Å². The highest BCUT2D eigenvalue weighted by Crippen LogP contribution is 2.28. The van der Waals surface area contributed by atoms with Crippen molar-refractivity contribution in [3.8, 4) is 5.69 Å². The Labute approximate surface area is 118 Å². The fraction of sp³-hybridized carbons (Fsp3) is 0. The van der Waals surface area contributed by atoms with Gasteiger partial charge in [0.1, 0.15) is 5.52 Å². The molecule has 0 atom stereocenters. The second kappa shape index (κ2) is 4.05. The molecule has 0 spiro atoms. The van der Waals surface area contributed by atoms with Crippen molar-refractivity contribution in [2.45, 2.75) is 0 Å². The molecule has 4 aromatic rings. The molecule has 0 fully saturated rings. The fourth-order valence-corrected chi connectivity index (χ4v) is 3.22. The summed E-state index contributed by atoms with van der Waals surface area (Å²) >= 11 is 1.69. The average molecular weight is 283 g/mol. The summed E-state index contributed by atoms with van der Waals surface area (Å²) in [6.45, 7) is 0. The number of hydrogen-bond acceptors (Lipinski definition) is 3. The lowest BCUT2D eigenvalue weighted by molar-refractivity contribution is 0.637. The van der Waals surface area contributed by atoms with Crippen LogP contribution < -0.4 is 5.73 Å². The maximum absolute atomic E-state index is 13.8. The molecule has 0 amide bonds. The lowest BCUT2D eigenvalue weighted by Crippen LogP contribution is -2.00. The van der Waals surface area contributed by atoms with E-state index < -0.39 is 0 Å². The van der Waals surface area contributed by atoms with Gasteiger partial charge in [0.25, 0.3) is 0 Å².